The molecule has 1 aromatic rings. The van der Waals surface area contributed by atoms with E-state index in [2.05, 4.69) is 40.0 Å². The average Bonchev–Trinajstić information content (AvgIpc) is 2.40. The Morgan fingerprint density at radius 3 is 3.00 bits per heavy atom. The Morgan fingerprint density at radius 1 is 1.56 bits per heavy atom. The third-order valence-electron chi connectivity index (χ3n) is 2.93. The molecular weight excluding hydrogens is 271 g/mol. The number of hydrogen-bond donors (Lipinski definition) is 1. The summed E-state index contributed by atoms with van der Waals surface area (Å²) in [7, 11) is 0. The number of anilines is 2. The second kappa shape index (κ2) is 4.62. The lowest BCUT2D eigenvalue weighted by Gasteiger charge is -2.24. The van der Waals surface area contributed by atoms with Crippen LogP contribution in [0.1, 0.15) is 13.8 Å². The minimum atomic E-state index is -0.211. The third-order valence-corrected chi connectivity index (χ3v) is 3.54. The van der Waals surface area contributed by atoms with Crippen LogP contribution in [-0.4, -0.2) is 19.6 Å². The van der Waals surface area contributed by atoms with Gasteiger partial charge in [-0.15, -0.1) is 0 Å². The van der Waals surface area contributed by atoms with Crippen molar-refractivity contribution in [1.82, 2.24) is 0 Å². The quantitative estimate of drug-likeness (QED) is 0.850. The van der Waals surface area contributed by atoms with Crippen LogP contribution in [-0.2, 0) is 0 Å². The molecule has 1 heterocycles. The van der Waals surface area contributed by atoms with Gasteiger partial charge in [0.1, 0.15) is 5.82 Å². The smallest absolute Gasteiger partial charge is 0.139 e. The van der Waals surface area contributed by atoms with Crippen molar-refractivity contribution in [3.63, 3.8) is 0 Å². The first-order valence-corrected chi connectivity index (χ1v) is 6.39. The first-order valence-electron chi connectivity index (χ1n) is 5.59. The summed E-state index contributed by atoms with van der Waals surface area (Å²) >= 11 is 3.24. The molecular formula is C12H16BrFN2. The summed E-state index contributed by atoms with van der Waals surface area (Å²) in [4.78, 5) is 2.28. The summed E-state index contributed by atoms with van der Waals surface area (Å²) in [6, 6.07) is 3.43. The highest BCUT2D eigenvalue weighted by Crippen LogP contribution is 2.34. The van der Waals surface area contributed by atoms with Crippen LogP contribution in [0.3, 0.4) is 0 Å². The van der Waals surface area contributed by atoms with Crippen molar-refractivity contribution >= 4 is 27.3 Å². The summed E-state index contributed by atoms with van der Waals surface area (Å²) in [5.74, 6) is 0.353. The van der Waals surface area contributed by atoms with Crippen molar-refractivity contribution in [2.75, 3.05) is 29.9 Å². The van der Waals surface area contributed by atoms with Crippen LogP contribution in [0.2, 0.25) is 0 Å². The van der Waals surface area contributed by atoms with Crippen LogP contribution in [0, 0.1) is 11.7 Å². The van der Waals surface area contributed by atoms with Gasteiger partial charge in [-0.25, -0.2) is 4.39 Å². The Bertz CT molecular complexity index is 395. The van der Waals surface area contributed by atoms with Gasteiger partial charge in [-0.3, -0.25) is 0 Å². The molecule has 1 aliphatic heterocycles. The molecule has 0 aliphatic carbocycles. The zero-order valence-corrected chi connectivity index (χ0v) is 11.1. The molecule has 2 nitrogen and oxygen atoms in total. The minimum Gasteiger partial charge on any atom is -0.383 e. The van der Waals surface area contributed by atoms with E-state index in [1.807, 2.05) is 6.07 Å². The lowest BCUT2D eigenvalue weighted by atomic mass is 10.2. The van der Waals surface area contributed by atoms with Gasteiger partial charge in [0.05, 0.1) is 15.8 Å². The van der Waals surface area contributed by atoms with E-state index in [1.165, 1.54) is 0 Å². The summed E-state index contributed by atoms with van der Waals surface area (Å²) in [6.07, 6.45) is 0. The van der Waals surface area contributed by atoms with E-state index in [9.17, 15) is 4.39 Å². The molecule has 0 aromatic heterocycles. The molecule has 1 unspecified atom stereocenters. The van der Waals surface area contributed by atoms with E-state index in [0.29, 0.717) is 10.4 Å². The fraction of sp³-hybridized carbons (Fsp3) is 0.500. The molecule has 0 spiro atoms. The Kier molecular flexibility index (Phi) is 3.38. The molecule has 16 heavy (non-hydrogen) atoms. The highest BCUT2D eigenvalue weighted by Gasteiger charge is 2.19. The lowest BCUT2D eigenvalue weighted by Crippen LogP contribution is -2.28. The summed E-state index contributed by atoms with van der Waals surface area (Å²) < 4.78 is 14.0. The molecule has 0 amide bonds. The molecule has 0 bridgehead atoms. The predicted molar refractivity (Wildman–Crippen MR) is 69.6 cm³/mol. The summed E-state index contributed by atoms with van der Waals surface area (Å²) in [5, 5.41) is 3.30. The molecule has 0 saturated carbocycles. The Morgan fingerprint density at radius 2 is 2.31 bits per heavy atom. The highest BCUT2D eigenvalue weighted by atomic mass is 79.9. The molecule has 4 heteroatoms. The maximum atomic E-state index is 13.5. The van der Waals surface area contributed by atoms with Crippen LogP contribution >= 0.6 is 15.9 Å². The maximum absolute atomic E-state index is 13.5. The van der Waals surface area contributed by atoms with Crippen molar-refractivity contribution in [3.05, 3.63) is 22.4 Å². The van der Waals surface area contributed by atoms with Gasteiger partial charge >= 0.3 is 0 Å². The number of rotatable bonds is 1. The average molecular weight is 287 g/mol. The van der Waals surface area contributed by atoms with Crippen LogP contribution in [0.5, 0.6) is 0 Å². The van der Waals surface area contributed by atoms with E-state index in [4.69, 9.17) is 0 Å². The van der Waals surface area contributed by atoms with E-state index in [-0.39, 0.29) is 5.82 Å². The van der Waals surface area contributed by atoms with Crippen LogP contribution in [0.4, 0.5) is 15.8 Å². The van der Waals surface area contributed by atoms with Crippen molar-refractivity contribution in [2.24, 2.45) is 5.92 Å². The maximum Gasteiger partial charge on any atom is 0.139 e. The lowest BCUT2D eigenvalue weighted by molar-refractivity contribution is 0.602. The van der Waals surface area contributed by atoms with Crippen LogP contribution < -0.4 is 10.2 Å². The van der Waals surface area contributed by atoms with Gasteiger partial charge in [-0.1, -0.05) is 6.92 Å². The minimum absolute atomic E-state index is 0.211. The largest absolute Gasteiger partial charge is 0.383 e. The Hall–Kier alpha value is -0.770. The molecule has 0 saturated heterocycles. The number of nitrogens with one attached hydrogen (secondary N) is 1. The summed E-state index contributed by atoms with van der Waals surface area (Å²) in [5.41, 5.74) is 1.98. The first-order chi connectivity index (χ1) is 7.61. The second-order valence-corrected chi connectivity index (χ2v) is 5.16. The van der Waals surface area contributed by atoms with Crippen molar-refractivity contribution in [1.29, 1.82) is 0 Å². The topological polar surface area (TPSA) is 15.3 Å². The van der Waals surface area contributed by atoms with Gasteiger partial charge < -0.3 is 10.2 Å². The standard InChI is InChI=1S/C12H16BrFN2/c1-3-16-7-8(2)6-15-11-5-10(14)9(13)4-12(11)16/h4-5,8,15H,3,6-7H2,1-2H3. The fourth-order valence-electron chi connectivity index (χ4n) is 2.06. The highest BCUT2D eigenvalue weighted by molar-refractivity contribution is 9.10. The van der Waals surface area contributed by atoms with Gasteiger partial charge in [-0.05, 0) is 34.8 Å². The summed E-state index contributed by atoms with van der Waals surface area (Å²) in [6.45, 7) is 7.17. The number of nitrogens with zero attached hydrogens (tertiary/aromatic N) is 1. The molecule has 1 aromatic carbocycles. The van der Waals surface area contributed by atoms with Crippen molar-refractivity contribution in [2.45, 2.75) is 13.8 Å². The van der Waals surface area contributed by atoms with Crippen LogP contribution in [0.25, 0.3) is 0 Å². The normalized spacial score (nSPS) is 20.0. The number of fused-ring (bicyclic) bond motifs is 1. The van der Waals surface area contributed by atoms with E-state index in [0.717, 1.165) is 31.0 Å². The zero-order valence-electron chi connectivity index (χ0n) is 9.56. The van der Waals surface area contributed by atoms with E-state index >= 15 is 0 Å². The number of halogens is 2. The van der Waals surface area contributed by atoms with E-state index < -0.39 is 0 Å². The molecule has 1 atom stereocenters. The SMILES string of the molecule is CCN1CC(C)CNc2cc(F)c(Br)cc21. The monoisotopic (exact) mass is 286 g/mol. The Labute approximate surface area is 104 Å². The first kappa shape index (κ1) is 11.7. The molecule has 88 valence electrons. The van der Waals surface area contributed by atoms with Gasteiger partial charge in [0.2, 0.25) is 0 Å². The molecule has 1 aliphatic rings. The number of hydrogen-bond acceptors (Lipinski definition) is 2. The third kappa shape index (κ3) is 2.17. The fourth-order valence-corrected chi connectivity index (χ4v) is 2.39. The Balaban J connectivity index is 2.45. The van der Waals surface area contributed by atoms with Gasteiger partial charge in [-0.2, -0.15) is 0 Å². The van der Waals surface area contributed by atoms with Gasteiger partial charge in [0.25, 0.3) is 0 Å². The number of benzene rings is 1. The molecule has 0 radical (unpaired) electrons. The zero-order chi connectivity index (χ0) is 11.7. The van der Waals surface area contributed by atoms with Crippen molar-refractivity contribution in [3.8, 4) is 0 Å². The van der Waals surface area contributed by atoms with Gasteiger partial charge in [0, 0.05) is 25.7 Å². The van der Waals surface area contributed by atoms with E-state index in [1.54, 1.807) is 6.07 Å². The van der Waals surface area contributed by atoms with Gasteiger partial charge in [0.15, 0.2) is 0 Å². The second-order valence-electron chi connectivity index (χ2n) is 4.31. The molecule has 0 fully saturated rings. The predicted octanol–water partition coefficient (Wildman–Crippen LogP) is 3.48. The molecule has 1 N–H and O–H groups in total. The van der Waals surface area contributed by atoms with Crippen molar-refractivity contribution < 1.29 is 4.39 Å². The van der Waals surface area contributed by atoms with Crippen LogP contribution in [0.15, 0.2) is 16.6 Å². The molecule has 2 rings (SSSR count).